The van der Waals surface area contributed by atoms with Gasteiger partial charge in [0.15, 0.2) is 0 Å². The summed E-state index contributed by atoms with van der Waals surface area (Å²) >= 11 is 0. The Morgan fingerprint density at radius 3 is 2.50 bits per heavy atom. The fraction of sp³-hybridized carbons (Fsp3) is 0.625. The van der Waals surface area contributed by atoms with E-state index in [1.165, 1.54) is 6.08 Å². The summed E-state index contributed by atoms with van der Waals surface area (Å²) in [6.07, 6.45) is 2.66. The molecule has 1 N–H and O–H groups in total. The maximum atomic E-state index is 11.6. The smallest absolute Gasteiger partial charge is 0.318 e. The van der Waals surface area contributed by atoms with Crippen molar-refractivity contribution >= 4 is 16.0 Å². The van der Waals surface area contributed by atoms with Gasteiger partial charge in [-0.2, -0.15) is 4.31 Å². The molecule has 0 unspecified atom stereocenters. The zero-order valence-electron chi connectivity index (χ0n) is 7.72. The predicted octanol–water partition coefficient (Wildman–Crippen LogP) is 0.0512. The number of carboxylic acid groups (broad SMARTS) is 1. The molecule has 14 heavy (non-hydrogen) atoms. The van der Waals surface area contributed by atoms with Gasteiger partial charge in [0.1, 0.15) is 6.54 Å². The van der Waals surface area contributed by atoms with Crippen molar-refractivity contribution < 1.29 is 18.3 Å². The lowest BCUT2D eigenvalue weighted by Gasteiger charge is -2.17. The van der Waals surface area contributed by atoms with Crippen LogP contribution in [0.2, 0.25) is 0 Å². The summed E-state index contributed by atoms with van der Waals surface area (Å²) in [6.45, 7) is 2.98. The number of sulfonamides is 1. The lowest BCUT2D eigenvalue weighted by molar-refractivity contribution is -0.137. The standard InChI is InChI=1S/C8H13NO4S/c1-2-5-9(6-8(10)11)14(12,13)7-3-4-7/h2,7H,1,3-6H2,(H,10,11). The van der Waals surface area contributed by atoms with Gasteiger partial charge in [-0.25, -0.2) is 8.42 Å². The van der Waals surface area contributed by atoms with Crippen LogP contribution in [0.4, 0.5) is 0 Å². The first kappa shape index (κ1) is 11.2. The molecule has 0 saturated heterocycles. The maximum absolute atomic E-state index is 11.6. The molecule has 0 spiro atoms. The molecular formula is C8H13NO4S. The summed E-state index contributed by atoms with van der Waals surface area (Å²) in [5.41, 5.74) is 0. The molecule has 0 aromatic rings. The zero-order chi connectivity index (χ0) is 10.8. The van der Waals surface area contributed by atoms with Gasteiger partial charge >= 0.3 is 5.97 Å². The van der Waals surface area contributed by atoms with Crippen molar-refractivity contribution in [1.29, 1.82) is 0 Å². The fourth-order valence-corrected chi connectivity index (χ4v) is 2.89. The number of carboxylic acids is 1. The van der Waals surface area contributed by atoms with E-state index in [0.29, 0.717) is 12.8 Å². The van der Waals surface area contributed by atoms with Crippen molar-refractivity contribution in [3.05, 3.63) is 12.7 Å². The molecule has 0 aliphatic heterocycles. The van der Waals surface area contributed by atoms with Crippen LogP contribution in [0.25, 0.3) is 0 Å². The van der Waals surface area contributed by atoms with E-state index in [1.807, 2.05) is 0 Å². The molecule has 0 aromatic heterocycles. The number of nitrogens with zero attached hydrogens (tertiary/aromatic N) is 1. The highest BCUT2D eigenvalue weighted by atomic mass is 32.2. The van der Waals surface area contributed by atoms with Crippen molar-refractivity contribution in [1.82, 2.24) is 4.31 Å². The van der Waals surface area contributed by atoms with Crippen LogP contribution in [0.15, 0.2) is 12.7 Å². The monoisotopic (exact) mass is 219 g/mol. The van der Waals surface area contributed by atoms with Crippen LogP contribution in [0.5, 0.6) is 0 Å². The van der Waals surface area contributed by atoms with Crippen molar-refractivity contribution in [3.8, 4) is 0 Å². The minimum atomic E-state index is -3.40. The lowest BCUT2D eigenvalue weighted by Crippen LogP contribution is -2.37. The molecule has 1 aliphatic rings. The van der Waals surface area contributed by atoms with Crippen LogP contribution in [0, 0.1) is 0 Å². The number of hydrogen-bond acceptors (Lipinski definition) is 3. The quantitative estimate of drug-likeness (QED) is 0.640. The fourth-order valence-electron chi connectivity index (χ4n) is 1.13. The van der Waals surface area contributed by atoms with Crippen molar-refractivity contribution in [2.45, 2.75) is 18.1 Å². The van der Waals surface area contributed by atoms with E-state index in [4.69, 9.17) is 5.11 Å². The van der Waals surface area contributed by atoms with Crippen LogP contribution in [-0.2, 0) is 14.8 Å². The molecule has 0 heterocycles. The van der Waals surface area contributed by atoms with Crippen LogP contribution < -0.4 is 0 Å². The highest BCUT2D eigenvalue weighted by Crippen LogP contribution is 2.30. The first-order valence-electron chi connectivity index (χ1n) is 4.30. The summed E-state index contributed by atoms with van der Waals surface area (Å²) in [5.74, 6) is -1.14. The topological polar surface area (TPSA) is 74.7 Å². The molecular weight excluding hydrogens is 206 g/mol. The highest BCUT2D eigenvalue weighted by molar-refractivity contribution is 7.90. The molecule has 1 aliphatic carbocycles. The molecule has 0 atom stereocenters. The Morgan fingerprint density at radius 2 is 2.14 bits per heavy atom. The van der Waals surface area contributed by atoms with Crippen LogP contribution in [0.1, 0.15) is 12.8 Å². The summed E-state index contributed by atoms with van der Waals surface area (Å²) < 4.78 is 24.2. The third kappa shape index (κ3) is 2.55. The Morgan fingerprint density at radius 1 is 1.57 bits per heavy atom. The zero-order valence-corrected chi connectivity index (χ0v) is 8.53. The molecule has 0 aromatic carbocycles. The normalized spacial score (nSPS) is 16.9. The van der Waals surface area contributed by atoms with E-state index < -0.39 is 22.5 Å². The van der Waals surface area contributed by atoms with Gasteiger partial charge < -0.3 is 5.11 Å². The second kappa shape index (κ2) is 4.10. The Balaban J connectivity index is 2.74. The minimum absolute atomic E-state index is 0.0606. The molecule has 80 valence electrons. The van der Waals surface area contributed by atoms with Crippen molar-refractivity contribution in [2.24, 2.45) is 0 Å². The Bertz CT molecular complexity index is 331. The van der Waals surface area contributed by atoms with Gasteiger partial charge in [0, 0.05) is 6.54 Å². The number of hydrogen-bond donors (Lipinski definition) is 1. The third-order valence-electron chi connectivity index (χ3n) is 1.95. The molecule has 0 amide bonds. The van der Waals surface area contributed by atoms with Crippen molar-refractivity contribution in [2.75, 3.05) is 13.1 Å². The molecule has 0 bridgehead atoms. The van der Waals surface area contributed by atoms with Gasteiger partial charge in [-0.15, -0.1) is 6.58 Å². The summed E-state index contributed by atoms with van der Waals surface area (Å²) in [4.78, 5) is 10.4. The van der Waals surface area contributed by atoms with Gasteiger partial charge in [0.05, 0.1) is 5.25 Å². The van der Waals surface area contributed by atoms with Crippen LogP contribution in [0.3, 0.4) is 0 Å². The largest absolute Gasteiger partial charge is 0.480 e. The van der Waals surface area contributed by atoms with E-state index in [9.17, 15) is 13.2 Å². The molecule has 5 nitrogen and oxygen atoms in total. The van der Waals surface area contributed by atoms with E-state index >= 15 is 0 Å². The first-order valence-corrected chi connectivity index (χ1v) is 5.80. The van der Waals surface area contributed by atoms with E-state index in [-0.39, 0.29) is 11.8 Å². The predicted molar refractivity (Wildman–Crippen MR) is 51.3 cm³/mol. The van der Waals surface area contributed by atoms with Gasteiger partial charge in [-0.1, -0.05) is 6.08 Å². The highest BCUT2D eigenvalue weighted by Gasteiger charge is 2.40. The number of aliphatic carboxylic acids is 1. The SMILES string of the molecule is C=CCN(CC(=O)O)S(=O)(=O)C1CC1. The van der Waals surface area contributed by atoms with Crippen LogP contribution in [-0.4, -0.2) is 42.1 Å². The summed E-state index contributed by atoms with van der Waals surface area (Å²) in [5, 5.41) is 8.16. The average molecular weight is 219 g/mol. The summed E-state index contributed by atoms with van der Waals surface area (Å²) in [6, 6.07) is 0. The summed E-state index contributed by atoms with van der Waals surface area (Å²) in [7, 11) is -3.40. The third-order valence-corrected chi connectivity index (χ3v) is 4.26. The van der Waals surface area contributed by atoms with Gasteiger partial charge in [0.25, 0.3) is 0 Å². The van der Waals surface area contributed by atoms with E-state index in [1.54, 1.807) is 0 Å². The second-order valence-electron chi connectivity index (χ2n) is 3.22. The molecule has 6 heteroatoms. The van der Waals surface area contributed by atoms with Gasteiger partial charge in [0.2, 0.25) is 10.0 Å². The molecule has 1 fully saturated rings. The minimum Gasteiger partial charge on any atom is -0.480 e. The molecule has 1 rings (SSSR count). The molecule has 1 saturated carbocycles. The van der Waals surface area contributed by atoms with Gasteiger partial charge in [-0.3, -0.25) is 4.79 Å². The van der Waals surface area contributed by atoms with E-state index in [2.05, 4.69) is 6.58 Å². The second-order valence-corrected chi connectivity index (χ2v) is 5.43. The number of carbonyl (C=O) groups is 1. The molecule has 0 radical (unpaired) electrons. The Labute approximate surface area is 83.1 Å². The lowest BCUT2D eigenvalue weighted by atomic mass is 10.6. The Kier molecular flexibility index (Phi) is 3.28. The van der Waals surface area contributed by atoms with Crippen LogP contribution >= 0.6 is 0 Å². The average Bonchev–Trinajstić information content (AvgIpc) is 2.84. The maximum Gasteiger partial charge on any atom is 0.318 e. The Hall–Kier alpha value is -0.880. The number of rotatable bonds is 6. The first-order chi connectivity index (χ1) is 6.48. The van der Waals surface area contributed by atoms with Crippen molar-refractivity contribution in [3.63, 3.8) is 0 Å². The van der Waals surface area contributed by atoms with Gasteiger partial charge in [-0.05, 0) is 12.8 Å². The van der Waals surface area contributed by atoms with E-state index in [0.717, 1.165) is 4.31 Å².